The fourth-order valence-corrected chi connectivity index (χ4v) is 9.99. The van der Waals surface area contributed by atoms with Crippen LogP contribution in [0.2, 0.25) is 0 Å². The average molecular weight is 519 g/mol. The Hall–Kier alpha value is -2.74. The Morgan fingerprint density at radius 3 is 1.77 bits per heavy atom. The highest BCUT2D eigenvalue weighted by Gasteiger charge is 2.66. The third-order valence-corrected chi connectivity index (χ3v) is 11.4. The molecule has 0 amide bonds. The summed E-state index contributed by atoms with van der Waals surface area (Å²) in [4.78, 5) is 5.80. The number of anilines is 2. The minimum Gasteiger partial charge on any atom is -0.342 e. The lowest BCUT2D eigenvalue weighted by Gasteiger charge is -2.50. The van der Waals surface area contributed by atoms with Gasteiger partial charge in [-0.2, -0.15) is 0 Å². The van der Waals surface area contributed by atoms with Crippen LogP contribution in [-0.2, 0) is 5.41 Å². The first-order chi connectivity index (χ1) is 19.0. The molecule has 39 heavy (non-hydrogen) atoms. The van der Waals surface area contributed by atoms with Gasteiger partial charge in [-0.15, -0.1) is 0 Å². The van der Waals surface area contributed by atoms with Crippen LogP contribution >= 0.6 is 0 Å². The molecule has 2 heterocycles. The molecule has 2 aliphatic carbocycles. The van der Waals surface area contributed by atoms with Gasteiger partial charge in [0.05, 0.1) is 6.04 Å². The molecule has 2 nitrogen and oxygen atoms in total. The van der Waals surface area contributed by atoms with E-state index in [1.807, 2.05) is 0 Å². The molecule has 3 fully saturated rings. The van der Waals surface area contributed by atoms with Crippen molar-refractivity contribution in [1.82, 2.24) is 0 Å². The summed E-state index contributed by atoms with van der Waals surface area (Å²) in [5, 5.41) is 0. The highest BCUT2D eigenvalue weighted by molar-refractivity contribution is 5.74. The normalized spacial score (nSPS) is 29.2. The molecule has 0 N–H and O–H groups in total. The lowest BCUT2D eigenvalue weighted by Crippen LogP contribution is -2.56. The monoisotopic (exact) mass is 518 g/mol. The van der Waals surface area contributed by atoms with Crippen LogP contribution in [0.1, 0.15) is 98.7 Å². The average Bonchev–Trinajstić information content (AvgIpc) is 3.66. The van der Waals surface area contributed by atoms with Crippen molar-refractivity contribution in [2.24, 2.45) is 11.8 Å². The lowest BCUT2D eigenvalue weighted by atomic mass is 9.55. The number of rotatable bonds is 4. The highest BCUT2D eigenvalue weighted by Crippen LogP contribution is 2.65. The zero-order chi connectivity index (χ0) is 26.7. The topological polar surface area (TPSA) is 6.48 Å². The molecule has 2 saturated carbocycles. The first-order valence-corrected chi connectivity index (χ1v) is 15.8. The zero-order valence-corrected chi connectivity index (χ0v) is 24.5. The molecule has 2 heteroatoms. The third kappa shape index (κ3) is 3.59. The molecular formula is C37H46N2. The standard InChI is InChI=1S/C37H46N2/c1-25-15-8-12-23-32(25)38-28(4)35-37(30-20-9-10-21-30,29-18-6-5-7-19-29)31-22-11-13-24-33(31)39(35)36(38)34-26(2)16-14-17-27(34)3/h8,11-17,22-24,28-30,35-36H,5-7,9-10,18-21H2,1-4H3/t28-,35?,36?,37?/m0/s1. The SMILES string of the molecule is Cc1ccccc1N1C(c2c(C)cccc2C)N2c3ccccc3C(C3CCCCC3)(C3CCCC3)C2[C@@H]1C. The van der Waals surface area contributed by atoms with Crippen molar-refractivity contribution >= 4 is 11.4 Å². The molecule has 0 radical (unpaired) electrons. The second kappa shape index (κ2) is 9.72. The van der Waals surface area contributed by atoms with Gasteiger partial charge in [0.2, 0.25) is 0 Å². The Labute approximate surface area is 236 Å². The van der Waals surface area contributed by atoms with Crippen LogP contribution in [-0.4, -0.2) is 12.1 Å². The molecule has 7 rings (SSSR count). The van der Waals surface area contributed by atoms with E-state index in [9.17, 15) is 0 Å². The Kier molecular flexibility index (Phi) is 6.29. The summed E-state index contributed by atoms with van der Waals surface area (Å²) in [7, 11) is 0. The summed E-state index contributed by atoms with van der Waals surface area (Å²) < 4.78 is 0. The summed E-state index contributed by atoms with van der Waals surface area (Å²) >= 11 is 0. The molecular weight excluding hydrogens is 472 g/mol. The van der Waals surface area contributed by atoms with Crippen molar-refractivity contribution in [3.8, 4) is 0 Å². The van der Waals surface area contributed by atoms with Gasteiger partial charge in [0.25, 0.3) is 0 Å². The first-order valence-electron chi connectivity index (χ1n) is 15.8. The van der Waals surface area contributed by atoms with E-state index >= 15 is 0 Å². The lowest BCUT2D eigenvalue weighted by molar-refractivity contribution is 0.106. The van der Waals surface area contributed by atoms with E-state index in [-0.39, 0.29) is 11.6 Å². The molecule has 1 saturated heterocycles. The predicted octanol–water partition coefficient (Wildman–Crippen LogP) is 9.42. The van der Waals surface area contributed by atoms with Gasteiger partial charge >= 0.3 is 0 Å². The van der Waals surface area contributed by atoms with Crippen molar-refractivity contribution in [3.05, 3.63) is 94.5 Å². The van der Waals surface area contributed by atoms with Gasteiger partial charge < -0.3 is 9.80 Å². The van der Waals surface area contributed by atoms with Crippen LogP contribution in [0.25, 0.3) is 0 Å². The molecule has 0 spiro atoms. The van der Waals surface area contributed by atoms with Crippen molar-refractivity contribution in [1.29, 1.82) is 0 Å². The maximum absolute atomic E-state index is 2.95. The molecule has 204 valence electrons. The van der Waals surface area contributed by atoms with E-state index in [0.717, 1.165) is 11.8 Å². The minimum atomic E-state index is 0.209. The van der Waals surface area contributed by atoms with Gasteiger partial charge in [-0.05, 0) is 99.6 Å². The van der Waals surface area contributed by atoms with E-state index in [0.29, 0.717) is 12.1 Å². The Bertz CT molecular complexity index is 1330. The Morgan fingerprint density at radius 1 is 0.590 bits per heavy atom. The highest BCUT2D eigenvalue weighted by atomic mass is 15.5. The largest absolute Gasteiger partial charge is 0.342 e. The van der Waals surface area contributed by atoms with E-state index in [1.54, 1.807) is 5.56 Å². The molecule has 2 aliphatic heterocycles. The summed E-state index contributed by atoms with van der Waals surface area (Å²) in [6.45, 7) is 9.57. The molecule has 4 atom stereocenters. The van der Waals surface area contributed by atoms with Gasteiger partial charge in [0.1, 0.15) is 6.17 Å². The van der Waals surface area contributed by atoms with Crippen LogP contribution < -0.4 is 9.80 Å². The van der Waals surface area contributed by atoms with Gasteiger partial charge in [0.15, 0.2) is 0 Å². The first kappa shape index (κ1) is 25.2. The smallest absolute Gasteiger partial charge is 0.129 e. The fraction of sp³-hybridized carbons (Fsp3) is 0.514. The molecule has 3 aromatic carbocycles. The van der Waals surface area contributed by atoms with E-state index < -0.39 is 0 Å². The second-order valence-corrected chi connectivity index (χ2v) is 13.2. The number of nitrogens with zero attached hydrogens (tertiary/aromatic N) is 2. The number of fused-ring (bicyclic) bond motifs is 3. The fourth-order valence-electron chi connectivity index (χ4n) is 9.99. The molecule has 0 bridgehead atoms. The summed E-state index contributed by atoms with van der Waals surface area (Å²) in [6.07, 6.45) is 12.9. The Morgan fingerprint density at radius 2 is 1.13 bits per heavy atom. The number of aryl methyl sites for hydroxylation is 3. The molecule has 0 aromatic heterocycles. The number of para-hydroxylation sites is 2. The van der Waals surface area contributed by atoms with Gasteiger partial charge in [-0.3, -0.25) is 0 Å². The summed E-state index contributed by atoms with van der Waals surface area (Å²) in [5.41, 5.74) is 10.6. The van der Waals surface area contributed by atoms with Crippen molar-refractivity contribution < 1.29 is 0 Å². The summed E-state index contributed by atoms with van der Waals surface area (Å²) in [5.74, 6) is 1.57. The summed E-state index contributed by atoms with van der Waals surface area (Å²) in [6, 6.07) is 26.7. The van der Waals surface area contributed by atoms with E-state index in [1.165, 1.54) is 91.4 Å². The minimum absolute atomic E-state index is 0.209. The van der Waals surface area contributed by atoms with Gasteiger partial charge in [-0.1, -0.05) is 86.7 Å². The van der Waals surface area contributed by atoms with Gasteiger partial charge in [0, 0.05) is 28.4 Å². The van der Waals surface area contributed by atoms with Crippen LogP contribution in [0.15, 0.2) is 66.7 Å². The zero-order valence-electron chi connectivity index (χ0n) is 24.5. The maximum Gasteiger partial charge on any atom is 0.129 e. The van der Waals surface area contributed by atoms with Crippen molar-refractivity contribution in [2.45, 2.75) is 109 Å². The molecule has 3 aromatic rings. The second-order valence-electron chi connectivity index (χ2n) is 13.2. The number of hydrogen-bond acceptors (Lipinski definition) is 2. The van der Waals surface area contributed by atoms with Crippen molar-refractivity contribution in [3.63, 3.8) is 0 Å². The van der Waals surface area contributed by atoms with E-state index in [4.69, 9.17) is 0 Å². The molecule has 4 aliphatic rings. The van der Waals surface area contributed by atoms with Crippen molar-refractivity contribution in [2.75, 3.05) is 9.80 Å². The van der Waals surface area contributed by atoms with E-state index in [2.05, 4.69) is 104 Å². The molecule has 3 unspecified atom stereocenters. The van der Waals surface area contributed by atoms with Crippen LogP contribution in [0.4, 0.5) is 11.4 Å². The maximum atomic E-state index is 2.95. The Balaban J connectivity index is 1.52. The quantitative estimate of drug-likeness (QED) is 0.339. The van der Waals surface area contributed by atoms with Crippen LogP contribution in [0.5, 0.6) is 0 Å². The van der Waals surface area contributed by atoms with Crippen LogP contribution in [0, 0.1) is 32.6 Å². The number of hydrogen-bond donors (Lipinski definition) is 0. The predicted molar refractivity (Wildman–Crippen MR) is 165 cm³/mol. The third-order valence-electron chi connectivity index (χ3n) is 11.4. The van der Waals surface area contributed by atoms with Crippen LogP contribution in [0.3, 0.4) is 0 Å². The van der Waals surface area contributed by atoms with Gasteiger partial charge in [-0.25, -0.2) is 0 Å². The number of benzene rings is 3.